The molecule has 0 saturated heterocycles. The molecule has 0 aromatic heterocycles. The number of carbonyl (C=O) groups is 3. The second-order valence-corrected chi connectivity index (χ2v) is 20.2. The highest BCUT2D eigenvalue weighted by molar-refractivity contribution is 5.71. The van der Waals surface area contributed by atoms with Crippen LogP contribution in [0.3, 0.4) is 0 Å². The highest BCUT2D eigenvalue weighted by Gasteiger charge is 2.19. The molecule has 0 fully saturated rings. The van der Waals surface area contributed by atoms with Gasteiger partial charge < -0.3 is 14.2 Å². The topological polar surface area (TPSA) is 78.9 Å². The maximum Gasteiger partial charge on any atom is 0.306 e. The molecule has 79 heavy (non-hydrogen) atoms. The summed E-state index contributed by atoms with van der Waals surface area (Å²) in [5.41, 5.74) is 0. The number of hydrogen-bond donors (Lipinski definition) is 0. The second-order valence-electron chi connectivity index (χ2n) is 20.2. The lowest BCUT2D eigenvalue weighted by Gasteiger charge is -2.18. The molecule has 0 N–H and O–H groups in total. The summed E-state index contributed by atoms with van der Waals surface area (Å²) in [5.74, 6) is -1.04. The van der Waals surface area contributed by atoms with Gasteiger partial charge in [0.2, 0.25) is 0 Å². The van der Waals surface area contributed by atoms with E-state index in [9.17, 15) is 14.4 Å². The first-order valence-corrected chi connectivity index (χ1v) is 31.6. The first kappa shape index (κ1) is 73.8. The highest BCUT2D eigenvalue weighted by atomic mass is 16.6. The van der Waals surface area contributed by atoms with Gasteiger partial charge in [-0.25, -0.2) is 0 Å². The van der Waals surface area contributed by atoms with Gasteiger partial charge in [-0.1, -0.05) is 255 Å². The van der Waals surface area contributed by atoms with E-state index in [0.717, 1.165) is 128 Å². The monoisotopic (exact) mass is 1090 g/mol. The van der Waals surface area contributed by atoms with Crippen LogP contribution in [0.4, 0.5) is 0 Å². The van der Waals surface area contributed by atoms with Crippen LogP contribution >= 0.6 is 0 Å². The van der Waals surface area contributed by atoms with Crippen molar-refractivity contribution in [2.75, 3.05) is 13.2 Å². The summed E-state index contributed by atoms with van der Waals surface area (Å²) in [6.07, 6.45) is 96.4. The van der Waals surface area contributed by atoms with Crippen LogP contribution in [0.5, 0.6) is 0 Å². The first-order valence-electron chi connectivity index (χ1n) is 31.6. The Kier molecular flexibility index (Phi) is 61.0. The van der Waals surface area contributed by atoms with E-state index in [0.29, 0.717) is 19.3 Å². The minimum absolute atomic E-state index is 0.126. The van der Waals surface area contributed by atoms with Gasteiger partial charge in [0.15, 0.2) is 6.10 Å². The van der Waals surface area contributed by atoms with E-state index in [1.54, 1.807) is 0 Å². The normalized spacial score (nSPS) is 13.3. The average Bonchev–Trinajstić information content (AvgIpc) is 3.45. The fraction of sp³-hybridized carbons (Fsp3) is 0.575. The van der Waals surface area contributed by atoms with Crippen molar-refractivity contribution in [3.63, 3.8) is 0 Å². The molecule has 0 rings (SSSR count). The predicted molar refractivity (Wildman–Crippen MR) is 343 cm³/mol. The number of rotatable bonds is 55. The number of carbonyl (C=O) groups excluding carboxylic acids is 3. The third kappa shape index (κ3) is 63.5. The zero-order valence-electron chi connectivity index (χ0n) is 50.6. The van der Waals surface area contributed by atoms with Crippen LogP contribution in [0.1, 0.15) is 252 Å². The van der Waals surface area contributed by atoms with Crippen molar-refractivity contribution in [3.05, 3.63) is 170 Å². The highest BCUT2D eigenvalue weighted by Crippen LogP contribution is 2.13. The molecule has 0 aromatic carbocycles. The van der Waals surface area contributed by atoms with Crippen LogP contribution in [-0.4, -0.2) is 37.2 Å². The zero-order chi connectivity index (χ0) is 57.1. The van der Waals surface area contributed by atoms with E-state index in [2.05, 4.69) is 191 Å². The quantitative estimate of drug-likeness (QED) is 0.0261. The van der Waals surface area contributed by atoms with Gasteiger partial charge in [0.05, 0.1) is 0 Å². The molecule has 6 heteroatoms. The van der Waals surface area contributed by atoms with Crippen LogP contribution in [-0.2, 0) is 28.6 Å². The van der Waals surface area contributed by atoms with Crippen LogP contribution < -0.4 is 0 Å². The fourth-order valence-corrected chi connectivity index (χ4v) is 8.02. The van der Waals surface area contributed by atoms with Gasteiger partial charge in [0, 0.05) is 19.3 Å². The standard InChI is InChI=1S/C73H114O6/c1-4-7-10-13-16-19-22-25-28-31-33-35-36-38-39-42-45-48-51-54-57-60-63-66-72(75)78-69-70(68-77-71(74)65-62-59-56-53-50-47-44-41-30-27-24-21-18-15-12-9-6-3)79-73(76)67-64-61-58-55-52-49-46-43-40-37-34-32-29-26-23-20-17-14-11-8-5-2/h8-9,11-12,17-18,20-22,25-27,29-31,33-34,36-38,43-44,46-47,52-53,55-56,70H,4-7,10,13-16,19,23-24,28,32,35,39-42,45,48-51,54,57-69H2,1-3H3/b11-8-,12-9-,20-17-,21-18-,25-22-,29-26-,30-27-,33-31-,37-34-,38-36-,46-43-,47-44-,55-52-,56-53-. The Bertz CT molecular complexity index is 1820. The second kappa shape index (κ2) is 65.3. The molecule has 0 spiro atoms. The third-order valence-corrected chi connectivity index (χ3v) is 12.7. The molecule has 0 aliphatic rings. The molecule has 0 heterocycles. The molecule has 1 unspecified atom stereocenters. The molecule has 0 aliphatic heterocycles. The summed E-state index contributed by atoms with van der Waals surface area (Å²) in [6.45, 7) is 6.30. The van der Waals surface area contributed by atoms with Crippen molar-refractivity contribution in [1.29, 1.82) is 0 Å². The molecule has 442 valence electrons. The Balaban J connectivity index is 4.58. The van der Waals surface area contributed by atoms with Gasteiger partial charge in [-0.15, -0.1) is 0 Å². The smallest absolute Gasteiger partial charge is 0.306 e. The maximum absolute atomic E-state index is 12.9. The Labute approximate surface area is 485 Å². The van der Waals surface area contributed by atoms with Gasteiger partial charge in [0.1, 0.15) is 13.2 Å². The number of esters is 3. The van der Waals surface area contributed by atoms with Crippen molar-refractivity contribution >= 4 is 17.9 Å². The molecule has 0 saturated carbocycles. The Morgan fingerprint density at radius 2 is 0.506 bits per heavy atom. The molecule has 0 aromatic rings. The van der Waals surface area contributed by atoms with E-state index in [-0.39, 0.29) is 44.0 Å². The van der Waals surface area contributed by atoms with Crippen LogP contribution in [0.25, 0.3) is 0 Å². The van der Waals surface area contributed by atoms with Gasteiger partial charge >= 0.3 is 17.9 Å². The molecule has 0 bridgehead atoms. The SMILES string of the molecule is CC/C=C\C/C=C\C/C=C\C/C=C\C/C=C\C/C=C\CCCCC(=O)OC(COC(=O)CCC/C=C\C/C=C\C/C=C\C/C=C\C/C=C\CC)COC(=O)CCCCCCCCCC/C=C\C/C=C\C/C=C\CCCCCCC. The minimum Gasteiger partial charge on any atom is -0.462 e. The predicted octanol–water partition coefficient (Wildman–Crippen LogP) is 21.9. The van der Waals surface area contributed by atoms with Gasteiger partial charge in [-0.3, -0.25) is 14.4 Å². The zero-order valence-corrected chi connectivity index (χ0v) is 50.6. The Morgan fingerprint density at radius 3 is 0.848 bits per heavy atom. The lowest BCUT2D eigenvalue weighted by atomic mass is 10.1. The third-order valence-electron chi connectivity index (χ3n) is 12.7. The molecule has 0 aliphatic carbocycles. The fourth-order valence-electron chi connectivity index (χ4n) is 8.02. The van der Waals surface area contributed by atoms with Gasteiger partial charge in [0.25, 0.3) is 0 Å². The Morgan fingerprint density at radius 1 is 0.266 bits per heavy atom. The largest absolute Gasteiger partial charge is 0.462 e. The number of hydrogen-bond acceptors (Lipinski definition) is 6. The van der Waals surface area contributed by atoms with Crippen LogP contribution in [0, 0.1) is 0 Å². The lowest BCUT2D eigenvalue weighted by molar-refractivity contribution is -0.167. The van der Waals surface area contributed by atoms with E-state index >= 15 is 0 Å². The summed E-state index contributed by atoms with van der Waals surface area (Å²) >= 11 is 0. The number of unbranched alkanes of at least 4 members (excludes halogenated alkanes) is 16. The summed E-state index contributed by atoms with van der Waals surface area (Å²) in [5, 5.41) is 0. The maximum atomic E-state index is 12.9. The average molecular weight is 1090 g/mol. The van der Waals surface area contributed by atoms with E-state index in [4.69, 9.17) is 14.2 Å². The van der Waals surface area contributed by atoms with Gasteiger partial charge in [-0.05, 0) is 148 Å². The summed E-state index contributed by atoms with van der Waals surface area (Å²) in [7, 11) is 0. The minimum atomic E-state index is -0.839. The molecule has 6 nitrogen and oxygen atoms in total. The Hall–Kier alpha value is -5.23. The number of allylic oxidation sites excluding steroid dienone is 28. The van der Waals surface area contributed by atoms with E-state index in [1.807, 2.05) is 0 Å². The summed E-state index contributed by atoms with van der Waals surface area (Å²) in [4.78, 5) is 38.3. The number of ether oxygens (including phenoxy) is 3. The molecule has 1 atom stereocenters. The van der Waals surface area contributed by atoms with Gasteiger partial charge in [-0.2, -0.15) is 0 Å². The molecular formula is C73H114O6. The first-order chi connectivity index (χ1) is 39.0. The van der Waals surface area contributed by atoms with E-state index < -0.39 is 6.10 Å². The lowest BCUT2D eigenvalue weighted by Crippen LogP contribution is -2.30. The molecule has 0 amide bonds. The molecule has 0 radical (unpaired) electrons. The van der Waals surface area contributed by atoms with Crippen molar-refractivity contribution < 1.29 is 28.6 Å². The van der Waals surface area contributed by atoms with Crippen LogP contribution in [0.2, 0.25) is 0 Å². The van der Waals surface area contributed by atoms with Crippen molar-refractivity contribution in [3.8, 4) is 0 Å². The van der Waals surface area contributed by atoms with Crippen molar-refractivity contribution in [1.82, 2.24) is 0 Å². The van der Waals surface area contributed by atoms with Crippen LogP contribution in [0.15, 0.2) is 170 Å². The van der Waals surface area contributed by atoms with E-state index in [1.165, 1.54) is 70.6 Å². The van der Waals surface area contributed by atoms with Crippen molar-refractivity contribution in [2.45, 2.75) is 258 Å². The summed E-state index contributed by atoms with van der Waals surface area (Å²) < 4.78 is 16.8. The van der Waals surface area contributed by atoms with Crippen molar-refractivity contribution in [2.24, 2.45) is 0 Å². The summed E-state index contributed by atoms with van der Waals surface area (Å²) in [6, 6.07) is 0. The molecular weight excluding hydrogens is 973 g/mol.